The summed E-state index contributed by atoms with van der Waals surface area (Å²) in [6.07, 6.45) is 0. The van der Waals surface area contributed by atoms with E-state index in [4.69, 9.17) is 24.2 Å². The third-order valence-electron chi connectivity index (χ3n) is 1.99. The van der Waals surface area contributed by atoms with E-state index in [0.717, 1.165) is 0 Å². The Balaban J connectivity index is 2.73. The minimum Gasteiger partial charge on any atom is -0.455 e. The zero-order valence-electron chi connectivity index (χ0n) is 13.2. The monoisotopic (exact) mass is 286 g/mol. The summed E-state index contributed by atoms with van der Waals surface area (Å²) in [5.41, 5.74) is 0.0725. The Hall–Kier alpha value is -0.990. The van der Waals surface area contributed by atoms with E-state index in [1.165, 1.54) is 0 Å². The van der Waals surface area contributed by atoms with Crippen molar-refractivity contribution in [2.24, 2.45) is 0 Å². The van der Waals surface area contributed by atoms with Gasteiger partial charge >= 0.3 is 0 Å². The van der Waals surface area contributed by atoms with Crippen molar-refractivity contribution in [2.75, 3.05) is 0 Å². The Labute approximate surface area is 108 Å². The van der Waals surface area contributed by atoms with Crippen LogP contribution in [-0.2, 0) is 0 Å². The first kappa shape index (κ1) is 4.89. The molecule has 0 amide bonds. The standard InChI is InChI=1S/C12H6BrClO/c13-10-3-1-2-8-9-6-7(14)4-5-11(9)15-12(8)10/h1-6H/i1D,2D,3D,4D,5D,6D. The van der Waals surface area contributed by atoms with Crippen LogP contribution in [0.4, 0.5) is 0 Å². The highest BCUT2D eigenvalue weighted by molar-refractivity contribution is 9.10. The van der Waals surface area contributed by atoms with Gasteiger partial charge in [0.05, 0.1) is 12.7 Å². The van der Waals surface area contributed by atoms with Crippen LogP contribution in [0.2, 0.25) is 5.02 Å². The summed E-state index contributed by atoms with van der Waals surface area (Å²) in [6.45, 7) is 0. The topological polar surface area (TPSA) is 13.1 Å². The third-order valence-corrected chi connectivity index (χ3v) is 2.74. The van der Waals surface area contributed by atoms with E-state index >= 15 is 0 Å². The van der Waals surface area contributed by atoms with Gasteiger partial charge in [-0.05, 0) is 40.1 Å². The Kier molecular flexibility index (Phi) is 1.06. The summed E-state index contributed by atoms with van der Waals surface area (Å²) in [6, 6.07) is -1.61. The number of hydrogen-bond donors (Lipinski definition) is 0. The van der Waals surface area contributed by atoms with Gasteiger partial charge in [-0.2, -0.15) is 0 Å². The van der Waals surface area contributed by atoms with Crippen LogP contribution in [0.3, 0.4) is 0 Å². The van der Waals surface area contributed by atoms with Crippen molar-refractivity contribution < 1.29 is 12.6 Å². The molecule has 0 unspecified atom stereocenters. The van der Waals surface area contributed by atoms with Crippen molar-refractivity contribution in [1.82, 2.24) is 0 Å². The summed E-state index contributed by atoms with van der Waals surface area (Å²) in [5, 5.41) is 0.0701. The Morgan fingerprint density at radius 2 is 2.07 bits per heavy atom. The molecule has 0 spiro atoms. The van der Waals surface area contributed by atoms with Crippen molar-refractivity contribution >= 4 is 49.5 Å². The maximum absolute atomic E-state index is 8.01. The minimum atomic E-state index is -0.326. The number of benzene rings is 2. The Morgan fingerprint density at radius 1 is 1.20 bits per heavy atom. The first-order chi connectivity index (χ1) is 9.77. The number of para-hydroxylation sites is 1. The van der Waals surface area contributed by atoms with Crippen LogP contribution in [0.5, 0.6) is 0 Å². The molecule has 0 fully saturated rings. The van der Waals surface area contributed by atoms with E-state index in [9.17, 15) is 0 Å². The molecule has 0 saturated heterocycles. The van der Waals surface area contributed by atoms with Crippen molar-refractivity contribution in [3.8, 4) is 0 Å². The fraction of sp³-hybridized carbons (Fsp3) is 0. The van der Waals surface area contributed by atoms with E-state index in [2.05, 4.69) is 15.9 Å². The minimum absolute atomic E-state index is 0.0383. The zero-order valence-corrected chi connectivity index (χ0v) is 9.51. The molecule has 0 atom stereocenters. The van der Waals surface area contributed by atoms with Crippen LogP contribution in [0.1, 0.15) is 8.22 Å². The van der Waals surface area contributed by atoms with E-state index in [1.807, 2.05) is 0 Å². The first-order valence-corrected chi connectivity index (χ1v) is 5.21. The van der Waals surface area contributed by atoms with Gasteiger partial charge in [0.25, 0.3) is 0 Å². The number of halogens is 2. The van der Waals surface area contributed by atoms with Crippen LogP contribution in [-0.4, -0.2) is 0 Å². The molecule has 3 rings (SSSR count). The molecule has 0 saturated carbocycles. The van der Waals surface area contributed by atoms with Gasteiger partial charge in [0.2, 0.25) is 0 Å². The van der Waals surface area contributed by atoms with Crippen LogP contribution >= 0.6 is 27.5 Å². The predicted octanol–water partition coefficient (Wildman–Crippen LogP) is 5.00. The van der Waals surface area contributed by atoms with Crippen molar-refractivity contribution in [1.29, 1.82) is 0 Å². The number of fused-ring (bicyclic) bond motifs is 3. The zero-order chi connectivity index (χ0) is 15.6. The quantitative estimate of drug-likeness (QED) is 0.567. The molecule has 0 radical (unpaired) electrons. The summed E-state index contributed by atoms with van der Waals surface area (Å²) in [7, 11) is 0. The molecule has 1 nitrogen and oxygen atoms in total. The van der Waals surface area contributed by atoms with Gasteiger partial charge in [-0.25, -0.2) is 0 Å². The van der Waals surface area contributed by atoms with Crippen LogP contribution in [0.15, 0.2) is 45.1 Å². The molecule has 1 heterocycles. The van der Waals surface area contributed by atoms with Crippen molar-refractivity contribution in [3.63, 3.8) is 0 Å². The molecule has 0 aliphatic carbocycles. The lowest BCUT2D eigenvalue weighted by atomic mass is 10.1. The number of hydrogen-bond acceptors (Lipinski definition) is 1. The predicted molar refractivity (Wildman–Crippen MR) is 66.4 cm³/mol. The average molecular weight is 288 g/mol. The summed E-state index contributed by atoms with van der Waals surface area (Å²) < 4.78 is 52.8. The van der Waals surface area contributed by atoms with Crippen LogP contribution < -0.4 is 0 Å². The molecule has 3 aromatic rings. The molecule has 15 heavy (non-hydrogen) atoms. The smallest absolute Gasteiger partial charge is 0.149 e. The SMILES string of the molecule is [2H]c1c(Cl)c([2H])c2c(oc3c(Br)c([2H])c([2H])c([2H])c32)c1[2H]. The largest absolute Gasteiger partial charge is 0.455 e. The van der Waals surface area contributed by atoms with E-state index in [-0.39, 0.29) is 67.7 Å². The van der Waals surface area contributed by atoms with Gasteiger partial charge in [-0.3, -0.25) is 0 Å². The molecule has 3 heteroatoms. The lowest BCUT2D eigenvalue weighted by molar-refractivity contribution is 0.667. The highest BCUT2D eigenvalue weighted by Crippen LogP contribution is 2.34. The summed E-state index contributed by atoms with van der Waals surface area (Å²) in [4.78, 5) is 0. The second-order valence-electron chi connectivity index (χ2n) is 2.89. The van der Waals surface area contributed by atoms with E-state index in [1.54, 1.807) is 0 Å². The molecule has 0 bridgehead atoms. The molecule has 0 aliphatic heterocycles. The number of rotatable bonds is 0. The lowest BCUT2D eigenvalue weighted by Gasteiger charge is -1.90. The Bertz CT molecular complexity index is 861. The fourth-order valence-corrected chi connectivity index (χ4v) is 1.89. The summed E-state index contributed by atoms with van der Waals surface area (Å²) >= 11 is 9.03. The van der Waals surface area contributed by atoms with E-state index in [0.29, 0.717) is 0 Å². The highest BCUT2D eigenvalue weighted by atomic mass is 79.9. The van der Waals surface area contributed by atoms with Crippen molar-refractivity contribution in [3.05, 3.63) is 45.7 Å². The third kappa shape index (κ3) is 1.36. The average Bonchev–Trinajstić information content (AvgIpc) is 2.87. The van der Waals surface area contributed by atoms with Gasteiger partial charge in [-0.1, -0.05) is 23.7 Å². The van der Waals surface area contributed by atoms with Gasteiger partial charge in [0, 0.05) is 15.8 Å². The second kappa shape index (κ2) is 3.26. The maximum atomic E-state index is 8.01. The van der Waals surface area contributed by atoms with Crippen LogP contribution in [0, 0.1) is 0 Å². The molecule has 2 aromatic carbocycles. The van der Waals surface area contributed by atoms with Crippen LogP contribution in [0.25, 0.3) is 21.9 Å². The molecular weight excluding hydrogens is 275 g/mol. The Morgan fingerprint density at radius 3 is 2.93 bits per heavy atom. The van der Waals surface area contributed by atoms with Gasteiger partial charge < -0.3 is 4.42 Å². The highest BCUT2D eigenvalue weighted by Gasteiger charge is 2.08. The lowest BCUT2D eigenvalue weighted by Crippen LogP contribution is -1.67. The fourth-order valence-electron chi connectivity index (χ4n) is 1.37. The maximum Gasteiger partial charge on any atom is 0.149 e. The van der Waals surface area contributed by atoms with Gasteiger partial charge in [0.1, 0.15) is 11.2 Å². The molecule has 74 valence electrons. The second-order valence-corrected chi connectivity index (χ2v) is 4.06. The van der Waals surface area contributed by atoms with Gasteiger partial charge in [0.15, 0.2) is 0 Å². The normalized spacial score (nSPS) is 16.9. The molecule has 0 N–H and O–H groups in total. The molecule has 0 aliphatic rings. The van der Waals surface area contributed by atoms with E-state index < -0.39 is 0 Å². The number of furan rings is 1. The van der Waals surface area contributed by atoms with Gasteiger partial charge in [-0.15, -0.1) is 0 Å². The molecular formula is C12H6BrClO. The van der Waals surface area contributed by atoms with Crippen molar-refractivity contribution in [2.45, 2.75) is 0 Å². The first-order valence-electron chi connectivity index (χ1n) is 7.04. The summed E-state index contributed by atoms with van der Waals surface area (Å²) in [5.74, 6) is 0. The molecule has 1 aromatic heterocycles.